The zero-order valence-electron chi connectivity index (χ0n) is 19.1. The quantitative estimate of drug-likeness (QED) is 0.402. The average molecular weight is 447 g/mol. The zero-order valence-corrected chi connectivity index (χ0v) is 19.1. The van der Waals surface area contributed by atoms with Crippen LogP contribution < -0.4 is 0 Å². The van der Waals surface area contributed by atoms with Crippen LogP contribution in [0.2, 0.25) is 0 Å². The lowest BCUT2D eigenvalue weighted by Gasteiger charge is -2.36. The summed E-state index contributed by atoms with van der Waals surface area (Å²) in [5, 5.41) is 11.6. The summed E-state index contributed by atoms with van der Waals surface area (Å²) < 4.78 is 6.70. The Kier molecular flexibility index (Phi) is 7.16. The maximum atomic E-state index is 13.3. The second kappa shape index (κ2) is 10.2. The second-order valence-corrected chi connectivity index (χ2v) is 9.07. The number of quaternary nitrogens is 1. The Hall–Kier alpha value is -3.09. The molecule has 0 radical (unpaired) electrons. The van der Waals surface area contributed by atoms with Crippen LogP contribution in [0.4, 0.5) is 0 Å². The first kappa shape index (κ1) is 23.1. The Morgan fingerprint density at radius 1 is 1.09 bits per heavy atom. The summed E-state index contributed by atoms with van der Waals surface area (Å²) in [6.45, 7) is 2.35. The molecule has 3 aromatic rings. The molecule has 2 aromatic carbocycles. The molecule has 0 aliphatic carbocycles. The third-order valence-corrected chi connectivity index (χ3v) is 6.92. The molecule has 0 spiro atoms. The number of benzene rings is 2. The summed E-state index contributed by atoms with van der Waals surface area (Å²) in [5.74, 6) is -0.626. The van der Waals surface area contributed by atoms with Crippen molar-refractivity contribution in [3.63, 3.8) is 0 Å². The number of hydrogen-bond acceptors (Lipinski definition) is 5. The number of likely N-dealkylation sites (N-methyl/N-ethyl adjacent to an activating group) is 1. The summed E-state index contributed by atoms with van der Waals surface area (Å²) >= 11 is 0. The fourth-order valence-electron chi connectivity index (χ4n) is 4.86. The summed E-state index contributed by atoms with van der Waals surface area (Å²) in [6, 6.07) is 20.2. The monoisotopic (exact) mass is 446 g/mol. The Labute approximate surface area is 195 Å². The van der Waals surface area contributed by atoms with E-state index in [4.69, 9.17) is 4.74 Å². The molecule has 33 heavy (non-hydrogen) atoms. The molecule has 6 heteroatoms. The van der Waals surface area contributed by atoms with Crippen LogP contribution in [0.25, 0.3) is 0 Å². The Bertz CT molecular complexity index is 991. The summed E-state index contributed by atoms with van der Waals surface area (Å²) in [7, 11) is 2.24. The first-order chi connectivity index (χ1) is 16.0. The summed E-state index contributed by atoms with van der Waals surface area (Å²) in [4.78, 5) is 21.6. The van der Waals surface area contributed by atoms with Gasteiger partial charge in [-0.15, -0.1) is 0 Å². The maximum Gasteiger partial charge on any atom is 0.347 e. The van der Waals surface area contributed by atoms with Gasteiger partial charge in [0.25, 0.3) is 0 Å². The van der Waals surface area contributed by atoms with Gasteiger partial charge in [0.1, 0.15) is 19.0 Å². The third kappa shape index (κ3) is 5.13. The zero-order chi connectivity index (χ0) is 23.2. The van der Waals surface area contributed by atoms with Crippen molar-refractivity contribution >= 4 is 5.97 Å². The molecule has 4 rings (SSSR count). The number of carbonyl (C=O) groups is 1. The van der Waals surface area contributed by atoms with Crippen molar-refractivity contribution in [2.45, 2.75) is 37.3 Å². The van der Waals surface area contributed by atoms with Crippen molar-refractivity contribution in [3.05, 3.63) is 96.1 Å². The Balaban J connectivity index is 1.43. The Morgan fingerprint density at radius 2 is 1.76 bits per heavy atom. The van der Waals surface area contributed by atoms with Crippen molar-refractivity contribution in [2.24, 2.45) is 0 Å². The van der Waals surface area contributed by atoms with Crippen molar-refractivity contribution in [1.82, 2.24) is 9.97 Å². The van der Waals surface area contributed by atoms with Gasteiger partial charge in [0, 0.05) is 31.2 Å². The lowest BCUT2D eigenvalue weighted by atomic mass is 9.86. The van der Waals surface area contributed by atoms with Crippen molar-refractivity contribution in [3.8, 4) is 0 Å². The highest BCUT2D eigenvalue weighted by Gasteiger charge is 2.44. The van der Waals surface area contributed by atoms with Gasteiger partial charge in [-0.3, -0.25) is 0 Å². The number of carbonyl (C=O) groups excluding carboxylic acids is 1. The van der Waals surface area contributed by atoms with Crippen LogP contribution in [-0.2, 0) is 21.6 Å². The number of nitrogens with zero attached hydrogens (tertiary/aromatic N) is 3. The lowest BCUT2D eigenvalue weighted by Crippen LogP contribution is -2.51. The minimum absolute atomic E-state index is 0.218. The van der Waals surface area contributed by atoms with Crippen LogP contribution in [0.5, 0.6) is 0 Å². The van der Waals surface area contributed by atoms with E-state index in [2.05, 4.69) is 17.0 Å². The largest absolute Gasteiger partial charge is 0.457 e. The van der Waals surface area contributed by atoms with Crippen molar-refractivity contribution in [1.29, 1.82) is 0 Å². The maximum absolute atomic E-state index is 13.3. The van der Waals surface area contributed by atoms with Gasteiger partial charge in [-0.1, -0.05) is 60.7 Å². The second-order valence-electron chi connectivity index (χ2n) is 9.07. The van der Waals surface area contributed by atoms with Gasteiger partial charge in [-0.25, -0.2) is 14.8 Å². The van der Waals surface area contributed by atoms with Crippen molar-refractivity contribution < 1.29 is 19.1 Å². The fraction of sp³-hybridized carbons (Fsp3) is 0.370. The molecule has 0 bridgehead atoms. The van der Waals surface area contributed by atoms with E-state index in [1.165, 1.54) is 0 Å². The highest BCUT2D eigenvalue weighted by atomic mass is 16.6. The molecular formula is C27H32N3O3+. The summed E-state index contributed by atoms with van der Waals surface area (Å²) in [5.41, 5.74) is 0.233. The minimum atomic E-state index is -1.84. The normalized spacial score (nSPS) is 20.5. The van der Waals surface area contributed by atoms with Gasteiger partial charge in [-0.2, -0.15) is 0 Å². The van der Waals surface area contributed by atoms with E-state index in [1.807, 2.05) is 42.5 Å². The fourth-order valence-corrected chi connectivity index (χ4v) is 4.86. The van der Waals surface area contributed by atoms with Crippen LogP contribution in [0, 0.1) is 0 Å². The molecule has 1 aliphatic rings. The first-order valence-corrected chi connectivity index (χ1v) is 11.6. The topological polar surface area (TPSA) is 72.3 Å². The number of ether oxygens (including phenoxy) is 1. The number of rotatable bonds is 9. The van der Waals surface area contributed by atoms with Crippen LogP contribution >= 0.6 is 0 Å². The molecule has 2 atom stereocenters. The van der Waals surface area contributed by atoms with E-state index in [9.17, 15) is 9.90 Å². The molecular weight excluding hydrogens is 414 g/mol. The predicted molar refractivity (Wildman–Crippen MR) is 126 cm³/mol. The highest BCUT2D eigenvalue weighted by molar-refractivity contribution is 5.85. The van der Waals surface area contributed by atoms with Gasteiger partial charge in [-0.05, 0) is 23.6 Å². The highest BCUT2D eigenvalue weighted by Crippen LogP contribution is 2.32. The van der Waals surface area contributed by atoms with E-state index in [-0.39, 0.29) is 6.04 Å². The first-order valence-electron chi connectivity index (χ1n) is 11.6. The van der Waals surface area contributed by atoms with Crippen LogP contribution in [-0.4, -0.2) is 58.3 Å². The molecule has 0 saturated carbocycles. The van der Waals surface area contributed by atoms with Gasteiger partial charge < -0.3 is 14.3 Å². The standard InChI is InChI=1S/C27H32N3O3/c1-30(18-8-14-24-16-17-28-21-29-24)19-9-15-25(30)20-33-26(31)27(32,22-10-4-2-5-11-22)23-12-6-3-7-13-23/h2-7,10-13,16-17,21,25,32H,8-9,14-15,18-20H2,1H3/q+1. The molecule has 0 amide bonds. The molecule has 172 valence electrons. The molecule has 6 nitrogen and oxygen atoms in total. The number of aliphatic hydroxyl groups is 1. The van der Waals surface area contributed by atoms with Gasteiger partial charge in [0.15, 0.2) is 0 Å². The average Bonchev–Trinajstić information content (AvgIpc) is 3.23. The summed E-state index contributed by atoms with van der Waals surface area (Å²) in [6.07, 6.45) is 7.39. The number of hydrogen-bond donors (Lipinski definition) is 1. The molecule has 2 heterocycles. The number of esters is 1. The molecule has 1 saturated heterocycles. The molecule has 1 aromatic heterocycles. The Morgan fingerprint density at radius 3 is 2.36 bits per heavy atom. The van der Waals surface area contributed by atoms with E-state index >= 15 is 0 Å². The van der Waals surface area contributed by atoms with Gasteiger partial charge in [0.05, 0.1) is 20.1 Å². The minimum Gasteiger partial charge on any atom is -0.457 e. The molecule has 1 aliphatic heterocycles. The lowest BCUT2D eigenvalue weighted by molar-refractivity contribution is -0.921. The van der Waals surface area contributed by atoms with E-state index < -0.39 is 11.6 Å². The number of likely N-dealkylation sites (tertiary alicyclic amines) is 1. The van der Waals surface area contributed by atoms with Gasteiger partial charge >= 0.3 is 5.97 Å². The van der Waals surface area contributed by atoms with Gasteiger partial charge in [0.2, 0.25) is 5.60 Å². The van der Waals surface area contributed by atoms with Crippen LogP contribution in [0.1, 0.15) is 36.1 Å². The molecule has 1 fully saturated rings. The molecule has 1 N–H and O–H groups in total. The smallest absolute Gasteiger partial charge is 0.347 e. The third-order valence-electron chi connectivity index (χ3n) is 6.92. The van der Waals surface area contributed by atoms with E-state index in [0.29, 0.717) is 17.7 Å². The van der Waals surface area contributed by atoms with Crippen molar-refractivity contribution in [2.75, 3.05) is 26.7 Å². The van der Waals surface area contributed by atoms with E-state index in [0.717, 1.165) is 48.9 Å². The number of aromatic nitrogens is 2. The molecule has 2 unspecified atom stereocenters. The predicted octanol–water partition coefficient (Wildman–Crippen LogP) is 3.50. The number of aryl methyl sites for hydroxylation is 1. The SMILES string of the molecule is C[N+]1(CCCc2ccncn2)CCCC1COC(=O)C(O)(c1ccccc1)c1ccccc1. The van der Waals surface area contributed by atoms with Crippen LogP contribution in [0.15, 0.2) is 79.3 Å². The van der Waals surface area contributed by atoms with Crippen LogP contribution in [0.3, 0.4) is 0 Å². The van der Waals surface area contributed by atoms with E-state index in [1.54, 1.807) is 36.8 Å².